The number of aliphatic hydroxyl groups excluding tert-OH is 2. The number of carbonyl (C=O) groups excluding carboxylic acids is 2. The van der Waals surface area contributed by atoms with Crippen molar-refractivity contribution in [2.45, 2.75) is 110 Å². The molecule has 2 N–H and O–H groups in total. The molecule has 1 aromatic heterocycles. The van der Waals surface area contributed by atoms with Crippen LogP contribution >= 0.6 is 0 Å². The maximum atomic E-state index is 13.6. The highest BCUT2D eigenvalue weighted by Gasteiger charge is 2.53. The summed E-state index contributed by atoms with van der Waals surface area (Å²) < 4.78 is 12.0. The van der Waals surface area contributed by atoms with E-state index in [4.69, 9.17) is 15.9 Å². The van der Waals surface area contributed by atoms with Crippen molar-refractivity contribution < 1.29 is 29.3 Å². The fourth-order valence-electron chi connectivity index (χ4n) is 5.42. The summed E-state index contributed by atoms with van der Waals surface area (Å²) in [4.78, 5) is 31.1. The number of rotatable bonds is 4. The molecular formula is C31H43NO6. The summed E-state index contributed by atoms with van der Waals surface area (Å²) in [7, 11) is 0. The summed E-state index contributed by atoms with van der Waals surface area (Å²) in [5.74, 6) is 0.806. The van der Waals surface area contributed by atoms with Gasteiger partial charge in [-0.25, -0.2) is 0 Å². The van der Waals surface area contributed by atoms with Crippen molar-refractivity contribution in [3.63, 3.8) is 0 Å². The third-order valence-corrected chi connectivity index (χ3v) is 8.40. The van der Waals surface area contributed by atoms with Crippen LogP contribution in [0.2, 0.25) is 0 Å². The van der Waals surface area contributed by atoms with Gasteiger partial charge in [-0.2, -0.15) is 0 Å². The van der Waals surface area contributed by atoms with E-state index in [9.17, 15) is 19.8 Å². The van der Waals surface area contributed by atoms with E-state index in [0.29, 0.717) is 19.3 Å². The van der Waals surface area contributed by atoms with Crippen LogP contribution in [0.15, 0.2) is 30.0 Å². The summed E-state index contributed by atoms with van der Waals surface area (Å²) in [5.41, 5.74) is -0.0302. The average Bonchev–Trinajstić information content (AvgIpc) is 3.51. The fourth-order valence-corrected chi connectivity index (χ4v) is 5.42. The highest BCUT2D eigenvalue weighted by molar-refractivity contribution is 5.88. The quantitative estimate of drug-likeness (QED) is 0.338. The van der Waals surface area contributed by atoms with Gasteiger partial charge in [-0.15, -0.1) is 12.3 Å². The highest BCUT2D eigenvalue weighted by atomic mass is 16.6. The van der Waals surface area contributed by atoms with Gasteiger partial charge in [-0.05, 0) is 62.8 Å². The molecule has 7 heteroatoms. The Bertz CT molecular complexity index is 1040. The van der Waals surface area contributed by atoms with E-state index in [0.717, 1.165) is 30.5 Å². The number of cyclic esters (lactones) is 1. The van der Waals surface area contributed by atoms with Gasteiger partial charge >= 0.3 is 5.97 Å². The number of ketones is 1. The maximum absolute atomic E-state index is 13.6. The normalized spacial score (nSPS) is 35.1. The lowest BCUT2D eigenvalue weighted by molar-refractivity contribution is -0.154. The molecule has 1 aromatic rings. The number of hydrogen-bond acceptors (Lipinski definition) is 7. The summed E-state index contributed by atoms with van der Waals surface area (Å²) >= 11 is 0. The molecular weight excluding hydrogens is 482 g/mol. The first-order chi connectivity index (χ1) is 17.9. The Morgan fingerprint density at radius 1 is 1.26 bits per heavy atom. The van der Waals surface area contributed by atoms with Crippen LogP contribution in [0.4, 0.5) is 0 Å². The Hall–Kier alpha value is -2.53. The standard InChI is InChI=1S/C31H43NO6/c1-7-8-14-23-28(35)20(2)12-11-15-31(6)26(38-31)18-24(21(3)17-22-13-9-10-16-32-22)37-27(34)19-25(33)30(4,5)29(23)36/h1,9-10,13,16-17,20,23-26,28,33,35H,8,11-12,14-15,18-19H2,2-6H3/t20-,23+,24-,25-,26+,28-,31-/m0/s1. The fraction of sp³-hybridized carbons (Fsp3) is 0.645. The van der Waals surface area contributed by atoms with Crippen molar-refractivity contribution in [2.24, 2.45) is 17.3 Å². The van der Waals surface area contributed by atoms with Crippen molar-refractivity contribution >= 4 is 17.8 Å². The number of Topliss-reactive ketones (excluding diaryl/α,β-unsaturated/α-hetero) is 1. The molecule has 0 spiro atoms. The number of nitrogens with zero attached hydrogens (tertiary/aromatic N) is 1. The van der Waals surface area contributed by atoms with E-state index in [-0.39, 0.29) is 29.8 Å². The van der Waals surface area contributed by atoms with Crippen LogP contribution in [-0.2, 0) is 19.1 Å². The van der Waals surface area contributed by atoms with Gasteiger partial charge in [0.15, 0.2) is 0 Å². The third kappa shape index (κ3) is 7.31. The molecule has 7 nitrogen and oxygen atoms in total. The first kappa shape index (κ1) is 30.0. The number of carbonyl (C=O) groups is 2. The Kier molecular flexibility index (Phi) is 9.91. The molecule has 0 amide bonds. The summed E-state index contributed by atoms with van der Waals surface area (Å²) in [6.07, 6.45) is 9.40. The Morgan fingerprint density at radius 3 is 2.66 bits per heavy atom. The summed E-state index contributed by atoms with van der Waals surface area (Å²) in [6, 6.07) is 5.61. The molecule has 0 saturated carbocycles. The van der Waals surface area contributed by atoms with E-state index in [2.05, 4.69) is 17.8 Å². The van der Waals surface area contributed by atoms with Crippen LogP contribution in [0, 0.1) is 29.6 Å². The lowest BCUT2D eigenvalue weighted by Crippen LogP contribution is -2.46. The molecule has 208 valence electrons. The van der Waals surface area contributed by atoms with Crippen LogP contribution in [0.1, 0.15) is 85.3 Å². The molecule has 3 rings (SSSR count). The lowest BCUT2D eigenvalue weighted by Gasteiger charge is -2.36. The zero-order valence-electron chi connectivity index (χ0n) is 23.4. The number of fused-ring (bicyclic) bond motifs is 1. The Labute approximate surface area is 227 Å². The molecule has 0 unspecified atom stereocenters. The van der Waals surface area contributed by atoms with E-state index in [1.165, 1.54) is 0 Å². The average molecular weight is 526 g/mol. The number of aliphatic hydroxyl groups is 2. The smallest absolute Gasteiger partial charge is 0.309 e. The molecule has 0 aromatic carbocycles. The largest absolute Gasteiger partial charge is 0.458 e. The molecule has 2 saturated heterocycles. The third-order valence-electron chi connectivity index (χ3n) is 8.40. The molecule has 0 radical (unpaired) electrons. The molecule has 0 aliphatic carbocycles. The predicted molar refractivity (Wildman–Crippen MR) is 146 cm³/mol. The first-order valence-corrected chi connectivity index (χ1v) is 13.7. The van der Waals surface area contributed by atoms with Gasteiger partial charge in [0.25, 0.3) is 0 Å². The molecule has 7 atom stereocenters. The van der Waals surface area contributed by atoms with E-state index in [1.807, 2.05) is 38.1 Å². The summed E-state index contributed by atoms with van der Waals surface area (Å²) in [5, 5.41) is 22.2. The zero-order valence-corrected chi connectivity index (χ0v) is 23.4. The number of terminal acetylenes is 1. The number of esters is 1. The van der Waals surface area contributed by atoms with E-state index in [1.54, 1.807) is 20.0 Å². The van der Waals surface area contributed by atoms with Gasteiger partial charge in [-0.1, -0.05) is 33.3 Å². The molecule has 2 aliphatic rings. The van der Waals surface area contributed by atoms with E-state index >= 15 is 0 Å². The van der Waals surface area contributed by atoms with Gasteiger partial charge in [0.1, 0.15) is 11.9 Å². The number of aromatic nitrogens is 1. The molecule has 2 aliphatic heterocycles. The van der Waals surface area contributed by atoms with Crippen LogP contribution < -0.4 is 0 Å². The number of pyridine rings is 1. The number of hydrogen-bond donors (Lipinski definition) is 2. The zero-order chi connectivity index (χ0) is 28.1. The Morgan fingerprint density at radius 2 is 2.00 bits per heavy atom. The monoisotopic (exact) mass is 525 g/mol. The first-order valence-electron chi connectivity index (χ1n) is 13.7. The van der Waals surface area contributed by atoms with Crippen molar-refractivity contribution in [2.75, 3.05) is 0 Å². The molecule has 0 bridgehead atoms. The minimum absolute atomic E-state index is 0.0770. The van der Waals surface area contributed by atoms with Crippen LogP contribution in [0.3, 0.4) is 0 Å². The second-order valence-corrected chi connectivity index (χ2v) is 11.8. The van der Waals surface area contributed by atoms with Gasteiger partial charge in [-0.3, -0.25) is 14.6 Å². The van der Waals surface area contributed by atoms with Gasteiger partial charge in [0, 0.05) is 25.0 Å². The topological polar surface area (TPSA) is 109 Å². The highest BCUT2D eigenvalue weighted by Crippen LogP contribution is 2.45. The summed E-state index contributed by atoms with van der Waals surface area (Å²) in [6.45, 7) is 9.13. The van der Waals surface area contributed by atoms with Crippen molar-refractivity contribution in [3.8, 4) is 12.3 Å². The van der Waals surface area contributed by atoms with Crippen LogP contribution in [0.5, 0.6) is 0 Å². The van der Waals surface area contributed by atoms with Gasteiger partial charge < -0.3 is 19.7 Å². The maximum Gasteiger partial charge on any atom is 0.309 e. The lowest BCUT2D eigenvalue weighted by atomic mass is 9.71. The number of epoxide rings is 1. The number of ether oxygens (including phenoxy) is 2. The van der Waals surface area contributed by atoms with Crippen LogP contribution in [0.25, 0.3) is 6.08 Å². The molecule has 3 heterocycles. The van der Waals surface area contributed by atoms with Crippen molar-refractivity contribution in [3.05, 3.63) is 35.7 Å². The van der Waals surface area contributed by atoms with Gasteiger partial charge in [0.2, 0.25) is 0 Å². The van der Waals surface area contributed by atoms with Crippen molar-refractivity contribution in [1.82, 2.24) is 4.98 Å². The second-order valence-electron chi connectivity index (χ2n) is 11.8. The molecule has 2 fully saturated rings. The molecule has 38 heavy (non-hydrogen) atoms. The van der Waals surface area contributed by atoms with E-state index < -0.39 is 35.6 Å². The predicted octanol–water partition coefficient (Wildman–Crippen LogP) is 4.50. The Balaban J connectivity index is 1.89. The van der Waals surface area contributed by atoms with Crippen LogP contribution in [-0.4, -0.2) is 57.0 Å². The minimum atomic E-state index is -1.28. The van der Waals surface area contributed by atoms with Crippen molar-refractivity contribution in [1.29, 1.82) is 0 Å². The van der Waals surface area contributed by atoms with Gasteiger partial charge in [0.05, 0.1) is 41.4 Å². The minimum Gasteiger partial charge on any atom is -0.458 e. The second kappa shape index (κ2) is 12.5. The SMILES string of the molecule is C#CCC[C@H]1C(=O)C(C)(C)[C@@H](O)CC(=O)O[C@H](C(C)=Cc2ccccn2)C[C@H]2O[C@@]2(C)CCC[C@H](C)[C@@H]1O.